The Morgan fingerprint density at radius 3 is 3.04 bits per heavy atom. The maximum absolute atomic E-state index is 11.9. The summed E-state index contributed by atoms with van der Waals surface area (Å²) in [6.07, 6.45) is 5.58. The number of fused-ring (bicyclic) bond motifs is 1. The molecule has 0 fully saturated rings. The third-order valence-corrected chi connectivity index (χ3v) is 4.45. The largest absolute Gasteiger partial charge is 0.352 e. The average molecular weight is 338 g/mol. The van der Waals surface area contributed by atoms with E-state index in [1.54, 1.807) is 35.5 Å². The summed E-state index contributed by atoms with van der Waals surface area (Å²) in [6, 6.07) is 5.77. The van der Waals surface area contributed by atoms with Gasteiger partial charge in [-0.25, -0.2) is 4.68 Å². The van der Waals surface area contributed by atoms with Crippen LogP contribution in [-0.4, -0.2) is 32.7 Å². The predicted octanol–water partition coefficient (Wildman–Crippen LogP) is 2.15. The summed E-state index contributed by atoms with van der Waals surface area (Å²) in [7, 11) is 1.56. The highest BCUT2D eigenvalue weighted by Gasteiger charge is 2.27. The number of pyridine rings is 1. The molecule has 4 rings (SSSR count). The molecular formula is C16H14N6OS. The zero-order valence-corrected chi connectivity index (χ0v) is 13.6. The molecule has 4 heterocycles. The van der Waals surface area contributed by atoms with Gasteiger partial charge in [-0.2, -0.15) is 16.3 Å². The first-order chi connectivity index (χ1) is 11.8. The van der Waals surface area contributed by atoms with Crippen molar-refractivity contribution in [2.75, 3.05) is 12.4 Å². The Morgan fingerprint density at radius 1 is 1.42 bits per heavy atom. The summed E-state index contributed by atoms with van der Waals surface area (Å²) in [5, 5.41) is 14.2. The van der Waals surface area contributed by atoms with Crippen LogP contribution >= 0.6 is 11.3 Å². The van der Waals surface area contributed by atoms with Gasteiger partial charge in [0.15, 0.2) is 0 Å². The van der Waals surface area contributed by atoms with Gasteiger partial charge in [0.05, 0.1) is 0 Å². The van der Waals surface area contributed by atoms with E-state index >= 15 is 0 Å². The van der Waals surface area contributed by atoms with Crippen molar-refractivity contribution in [1.29, 1.82) is 0 Å². The van der Waals surface area contributed by atoms with Gasteiger partial charge in [-0.3, -0.25) is 9.78 Å². The van der Waals surface area contributed by atoms with Crippen molar-refractivity contribution < 1.29 is 4.79 Å². The maximum atomic E-state index is 11.9. The van der Waals surface area contributed by atoms with E-state index in [4.69, 9.17) is 0 Å². The molecule has 8 heteroatoms. The number of nitrogens with one attached hydrogen (secondary N) is 2. The van der Waals surface area contributed by atoms with E-state index in [0.29, 0.717) is 5.95 Å². The summed E-state index contributed by atoms with van der Waals surface area (Å²) in [4.78, 5) is 20.4. The number of carbonyl (C=O) groups is 1. The van der Waals surface area contributed by atoms with E-state index in [1.165, 1.54) is 0 Å². The number of amides is 1. The van der Waals surface area contributed by atoms with Crippen molar-refractivity contribution in [3.8, 4) is 0 Å². The topological polar surface area (TPSA) is 84.7 Å². The van der Waals surface area contributed by atoms with Crippen molar-refractivity contribution >= 4 is 28.9 Å². The molecular weight excluding hydrogens is 324 g/mol. The van der Waals surface area contributed by atoms with Crippen LogP contribution < -0.4 is 10.6 Å². The van der Waals surface area contributed by atoms with Gasteiger partial charge in [0, 0.05) is 30.7 Å². The van der Waals surface area contributed by atoms with Crippen LogP contribution in [-0.2, 0) is 0 Å². The molecule has 0 saturated carbocycles. The van der Waals surface area contributed by atoms with Crippen LogP contribution in [0.15, 0.2) is 47.4 Å². The van der Waals surface area contributed by atoms with Gasteiger partial charge >= 0.3 is 0 Å². The fourth-order valence-electron chi connectivity index (χ4n) is 2.57. The number of anilines is 1. The third kappa shape index (κ3) is 2.46. The van der Waals surface area contributed by atoms with Crippen LogP contribution in [0.2, 0.25) is 0 Å². The van der Waals surface area contributed by atoms with Crippen LogP contribution in [0.3, 0.4) is 0 Å². The van der Waals surface area contributed by atoms with Gasteiger partial charge in [0.2, 0.25) is 11.8 Å². The van der Waals surface area contributed by atoms with E-state index in [9.17, 15) is 4.79 Å². The average Bonchev–Trinajstić information content (AvgIpc) is 3.30. The molecule has 120 valence electrons. The van der Waals surface area contributed by atoms with Crippen LogP contribution in [0.5, 0.6) is 0 Å². The maximum Gasteiger partial charge on any atom is 0.290 e. The molecule has 1 aliphatic heterocycles. The molecule has 7 nitrogen and oxygen atoms in total. The minimum Gasteiger partial charge on any atom is -0.352 e. The number of aromatic nitrogens is 4. The standard InChI is InChI=1S/C16H14N6OS/c1-17-15(23)14-20-16-19-12(10-3-2-5-18-8-10)7-13(22(16)21-14)11-4-6-24-9-11/h2-9,13H,1H3,(H,17,23)(H,19,20,21)/t13-/m0/s1. The fourth-order valence-corrected chi connectivity index (χ4v) is 3.26. The monoisotopic (exact) mass is 338 g/mol. The van der Waals surface area contributed by atoms with Crippen LogP contribution in [0, 0.1) is 0 Å². The van der Waals surface area contributed by atoms with Gasteiger partial charge in [-0.15, -0.1) is 5.10 Å². The molecule has 0 aromatic carbocycles. The Bertz CT molecular complexity index is 900. The molecule has 1 atom stereocenters. The molecule has 3 aromatic heterocycles. The molecule has 0 unspecified atom stereocenters. The van der Waals surface area contributed by atoms with Crippen LogP contribution in [0.25, 0.3) is 5.70 Å². The minimum atomic E-state index is -0.314. The lowest BCUT2D eigenvalue weighted by molar-refractivity contribution is 0.0952. The Balaban J connectivity index is 1.82. The van der Waals surface area contributed by atoms with E-state index in [-0.39, 0.29) is 17.8 Å². The second-order valence-electron chi connectivity index (χ2n) is 5.23. The zero-order valence-electron chi connectivity index (χ0n) is 12.8. The summed E-state index contributed by atoms with van der Waals surface area (Å²) in [5.74, 6) is 0.359. The first kappa shape index (κ1) is 14.6. The molecule has 0 radical (unpaired) electrons. The Morgan fingerprint density at radius 2 is 2.33 bits per heavy atom. The SMILES string of the molecule is CNC(=O)c1nc2n(n1)[C@H](c1ccsc1)C=C(c1cccnc1)N2. The quantitative estimate of drug-likeness (QED) is 0.764. The Hall–Kier alpha value is -3.00. The highest BCUT2D eigenvalue weighted by molar-refractivity contribution is 7.08. The number of allylic oxidation sites excluding steroid dienone is 1. The van der Waals surface area contributed by atoms with E-state index in [2.05, 4.69) is 37.2 Å². The van der Waals surface area contributed by atoms with Gasteiger partial charge in [0.25, 0.3) is 5.91 Å². The van der Waals surface area contributed by atoms with Crippen molar-refractivity contribution in [3.63, 3.8) is 0 Å². The van der Waals surface area contributed by atoms with Gasteiger partial charge in [-0.1, -0.05) is 0 Å². The number of hydrogen-bond donors (Lipinski definition) is 2. The summed E-state index contributed by atoms with van der Waals surface area (Å²) in [6.45, 7) is 0. The molecule has 0 saturated heterocycles. The first-order valence-corrected chi connectivity index (χ1v) is 8.30. The van der Waals surface area contributed by atoms with E-state index in [0.717, 1.165) is 16.8 Å². The number of thiophene rings is 1. The normalized spacial score (nSPS) is 16.0. The summed E-state index contributed by atoms with van der Waals surface area (Å²) >= 11 is 1.62. The van der Waals surface area contributed by atoms with Crippen molar-refractivity contribution in [2.45, 2.75) is 6.04 Å². The van der Waals surface area contributed by atoms with Crippen molar-refractivity contribution in [2.24, 2.45) is 0 Å². The Labute approximate surface area is 142 Å². The number of hydrogen-bond acceptors (Lipinski definition) is 6. The number of carbonyl (C=O) groups excluding carboxylic acids is 1. The van der Waals surface area contributed by atoms with E-state index in [1.807, 2.05) is 23.6 Å². The van der Waals surface area contributed by atoms with E-state index < -0.39 is 0 Å². The second kappa shape index (κ2) is 5.89. The van der Waals surface area contributed by atoms with Gasteiger partial charge in [0.1, 0.15) is 6.04 Å². The second-order valence-corrected chi connectivity index (χ2v) is 6.01. The summed E-state index contributed by atoms with van der Waals surface area (Å²) < 4.78 is 1.73. The predicted molar refractivity (Wildman–Crippen MR) is 91.7 cm³/mol. The van der Waals surface area contributed by atoms with Crippen LogP contribution in [0.4, 0.5) is 5.95 Å². The number of rotatable bonds is 3. The molecule has 0 spiro atoms. The smallest absolute Gasteiger partial charge is 0.290 e. The minimum absolute atomic E-state index is 0.131. The highest BCUT2D eigenvalue weighted by atomic mass is 32.1. The molecule has 2 N–H and O–H groups in total. The molecule has 0 bridgehead atoms. The zero-order chi connectivity index (χ0) is 16.5. The highest BCUT2D eigenvalue weighted by Crippen LogP contribution is 2.33. The fraction of sp³-hybridized carbons (Fsp3) is 0.125. The lowest BCUT2D eigenvalue weighted by Gasteiger charge is -2.23. The molecule has 1 amide bonds. The molecule has 0 aliphatic carbocycles. The molecule has 3 aromatic rings. The first-order valence-electron chi connectivity index (χ1n) is 7.36. The summed E-state index contributed by atoms with van der Waals surface area (Å²) in [5.41, 5.74) is 2.94. The lowest BCUT2D eigenvalue weighted by atomic mass is 10.1. The van der Waals surface area contributed by atoms with Gasteiger partial charge < -0.3 is 10.6 Å². The molecule has 24 heavy (non-hydrogen) atoms. The van der Waals surface area contributed by atoms with Crippen molar-refractivity contribution in [1.82, 2.24) is 25.1 Å². The Kier molecular flexibility index (Phi) is 3.58. The lowest BCUT2D eigenvalue weighted by Crippen LogP contribution is -2.21. The van der Waals surface area contributed by atoms with Crippen molar-refractivity contribution in [3.05, 3.63) is 64.4 Å². The molecule has 1 aliphatic rings. The van der Waals surface area contributed by atoms with Crippen LogP contribution in [0.1, 0.15) is 27.8 Å². The number of nitrogens with zero attached hydrogens (tertiary/aromatic N) is 4. The third-order valence-electron chi connectivity index (χ3n) is 3.75. The van der Waals surface area contributed by atoms with Gasteiger partial charge in [-0.05, 0) is 40.6 Å².